The molecule has 25 heavy (non-hydrogen) atoms. The van der Waals surface area contributed by atoms with E-state index >= 15 is 0 Å². The molecule has 1 saturated heterocycles. The van der Waals surface area contributed by atoms with Gasteiger partial charge in [-0.25, -0.2) is 0 Å². The molecule has 3 N–H and O–H groups in total. The Balaban J connectivity index is 1.56. The maximum absolute atomic E-state index is 11.4. The van der Waals surface area contributed by atoms with Crippen molar-refractivity contribution in [3.63, 3.8) is 0 Å². The minimum atomic E-state index is -1.26. The van der Waals surface area contributed by atoms with Crippen LogP contribution in [0, 0.1) is 39.9 Å². The van der Waals surface area contributed by atoms with Gasteiger partial charge in [0, 0.05) is 18.0 Å². The van der Waals surface area contributed by atoms with Gasteiger partial charge < -0.3 is 20.2 Å². The number of piperidine rings is 1. The Kier molecular flexibility index (Phi) is 2.72. The van der Waals surface area contributed by atoms with Crippen molar-refractivity contribution in [2.75, 3.05) is 20.2 Å². The van der Waals surface area contributed by atoms with Gasteiger partial charge in [0.1, 0.15) is 5.60 Å². The molecule has 7 rings (SSSR count). The molecule has 7 aliphatic rings. The molecule has 0 aromatic rings. The van der Waals surface area contributed by atoms with E-state index in [4.69, 9.17) is 0 Å². The van der Waals surface area contributed by atoms with Crippen molar-refractivity contribution in [3.05, 3.63) is 0 Å². The van der Waals surface area contributed by atoms with E-state index in [2.05, 4.69) is 18.9 Å². The molecule has 4 heteroatoms. The van der Waals surface area contributed by atoms with E-state index < -0.39 is 11.7 Å². The van der Waals surface area contributed by atoms with Crippen LogP contribution >= 0.6 is 0 Å². The summed E-state index contributed by atoms with van der Waals surface area (Å²) < 4.78 is 0. The fourth-order valence-corrected chi connectivity index (χ4v) is 10.4. The summed E-state index contributed by atoms with van der Waals surface area (Å²) >= 11 is 0. The highest BCUT2D eigenvalue weighted by Crippen LogP contribution is 2.83. The molecule has 140 valence electrons. The van der Waals surface area contributed by atoms with Crippen molar-refractivity contribution in [1.29, 1.82) is 0 Å². The quantitative estimate of drug-likeness (QED) is 0.675. The lowest BCUT2D eigenvalue weighted by atomic mass is 9.38. The van der Waals surface area contributed by atoms with Crippen molar-refractivity contribution >= 4 is 0 Å². The van der Waals surface area contributed by atoms with E-state index in [1.54, 1.807) is 0 Å². The number of rotatable bonds is 1. The summed E-state index contributed by atoms with van der Waals surface area (Å²) in [6.45, 7) is 3.45. The molecule has 10 atom stereocenters. The van der Waals surface area contributed by atoms with Gasteiger partial charge in [-0.3, -0.25) is 0 Å². The van der Waals surface area contributed by atoms with Crippen LogP contribution in [0.3, 0.4) is 0 Å². The van der Waals surface area contributed by atoms with Crippen LogP contribution in [0.25, 0.3) is 0 Å². The Morgan fingerprint density at radius 1 is 1.08 bits per heavy atom. The normalized spacial score (nSPS) is 67.6. The van der Waals surface area contributed by atoms with E-state index in [0.717, 1.165) is 25.2 Å². The number of fused-ring (bicyclic) bond motifs is 2. The van der Waals surface area contributed by atoms with Crippen LogP contribution in [-0.2, 0) is 0 Å². The van der Waals surface area contributed by atoms with Crippen LogP contribution in [0.2, 0.25) is 0 Å². The molecule has 0 aromatic carbocycles. The van der Waals surface area contributed by atoms with Crippen molar-refractivity contribution in [3.8, 4) is 0 Å². The van der Waals surface area contributed by atoms with E-state index in [1.165, 1.54) is 32.2 Å². The Morgan fingerprint density at radius 3 is 2.64 bits per heavy atom. The summed E-state index contributed by atoms with van der Waals surface area (Å²) in [5.41, 5.74) is -0.610. The van der Waals surface area contributed by atoms with Crippen molar-refractivity contribution in [1.82, 2.24) is 4.90 Å². The zero-order valence-corrected chi connectivity index (χ0v) is 15.6. The largest absolute Gasteiger partial charge is 0.393 e. The molecule has 0 amide bonds. The maximum atomic E-state index is 11.4. The van der Waals surface area contributed by atoms with Crippen molar-refractivity contribution in [2.45, 2.75) is 69.6 Å². The number of nitrogens with zero attached hydrogens (tertiary/aromatic N) is 1. The molecular formula is C21H33NO3. The molecule has 6 saturated carbocycles. The first-order valence-electron chi connectivity index (χ1n) is 10.6. The first kappa shape index (κ1) is 15.9. The molecule has 4 nitrogen and oxygen atoms in total. The minimum Gasteiger partial charge on any atom is -0.393 e. The van der Waals surface area contributed by atoms with Gasteiger partial charge in [0.15, 0.2) is 0 Å². The van der Waals surface area contributed by atoms with Gasteiger partial charge in [0.2, 0.25) is 0 Å². The van der Waals surface area contributed by atoms with Gasteiger partial charge in [0.25, 0.3) is 0 Å². The maximum Gasteiger partial charge on any atom is 0.117 e. The first-order chi connectivity index (χ1) is 11.8. The molecule has 7 bridgehead atoms. The van der Waals surface area contributed by atoms with E-state index in [0.29, 0.717) is 28.7 Å². The second-order valence-electron chi connectivity index (χ2n) is 11.1. The number of hydrogen-bond acceptors (Lipinski definition) is 4. The Morgan fingerprint density at radius 2 is 1.88 bits per heavy atom. The fraction of sp³-hybridized carbons (Fsp3) is 1.00. The highest BCUT2D eigenvalue weighted by Gasteiger charge is 2.84. The van der Waals surface area contributed by atoms with Gasteiger partial charge >= 0.3 is 0 Å². The smallest absolute Gasteiger partial charge is 0.117 e. The van der Waals surface area contributed by atoms with Gasteiger partial charge in [-0.05, 0) is 80.1 Å². The summed E-state index contributed by atoms with van der Waals surface area (Å²) in [7, 11) is 2.32. The lowest BCUT2D eigenvalue weighted by molar-refractivity contribution is -0.287. The second-order valence-corrected chi connectivity index (χ2v) is 11.1. The summed E-state index contributed by atoms with van der Waals surface area (Å²) in [5.74, 6) is 1.94. The van der Waals surface area contributed by atoms with E-state index in [1.807, 2.05) is 0 Å². The number of aliphatic hydroxyl groups is 3. The van der Waals surface area contributed by atoms with Crippen LogP contribution in [0.4, 0.5) is 0 Å². The lowest BCUT2D eigenvalue weighted by Crippen LogP contribution is -2.72. The Bertz CT molecular complexity index is 641. The number of likely N-dealkylation sites (tertiary alicyclic amines) is 1. The first-order valence-corrected chi connectivity index (χ1v) is 10.6. The van der Waals surface area contributed by atoms with Crippen LogP contribution in [0.1, 0.15) is 51.9 Å². The van der Waals surface area contributed by atoms with Crippen molar-refractivity contribution < 1.29 is 15.3 Å². The van der Waals surface area contributed by atoms with Gasteiger partial charge in [-0.1, -0.05) is 13.3 Å². The number of aliphatic hydroxyl groups excluding tert-OH is 2. The third-order valence-corrected chi connectivity index (χ3v) is 10.7. The Labute approximate surface area is 150 Å². The van der Waals surface area contributed by atoms with Gasteiger partial charge in [-0.2, -0.15) is 0 Å². The third-order valence-electron chi connectivity index (χ3n) is 10.7. The molecule has 0 aromatic heterocycles. The predicted molar refractivity (Wildman–Crippen MR) is 93.7 cm³/mol. The zero-order valence-electron chi connectivity index (χ0n) is 15.6. The highest BCUT2D eigenvalue weighted by atomic mass is 16.4. The van der Waals surface area contributed by atoms with E-state index in [9.17, 15) is 15.3 Å². The van der Waals surface area contributed by atoms with E-state index in [-0.39, 0.29) is 17.9 Å². The minimum absolute atomic E-state index is 0.0762. The lowest BCUT2D eigenvalue weighted by Gasteiger charge is -2.69. The third kappa shape index (κ3) is 1.35. The van der Waals surface area contributed by atoms with Crippen LogP contribution in [0.5, 0.6) is 0 Å². The molecule has 6 aliphatic carbocycles. The van der Waals surface area contributed by atoms with Gasteiger partial charge in [0.05, 0.1) is 12.7 Å². The molecule has 2 spiro atoms. The summed E-state index contributed by atoms with van der Waals surface area (Å²) in [6.07, 6.45) is 7.59. The monoisotopic (exact) mass is 347 g/mol. The average molecular weight is 347 g/mol. The summed E-state index contributed by atoms with van der Waals surface area (Å²) in [6, 6.07) is 0.588. The van der Waals surface area contributed by atoms with Crippen LogP contribution < -0.4 is 0 Å². The number of hydrogen-bond donors (Lipinski definition) is 3. The van der Waals surface area contributed by atoms with Gasteiger partial charge in [-0.15, -0.1) is 0 Å². The fourth-order valence-electron chi connectivity index (χ4n) is 10.4. The zero-order chi connectivity index (χ0) is 17.4. The molecule has 7 fully saturated rings. The molecule has 1 aliphatic heterocycles. The Hall–Kier alpha value is -0.160. The standard InChI is InChI=1S/C21H33NO3/c1-18-5-3-6-20-14(18)9-13(16(20)22(2)10-18)19-7-4-12(8-15(19)20)21(25,11-23)17(19)24/h12-17,23-25H,3-11H2,1-2H3/t12?,13?,14-,15?,16?,17+,18+,19?,20?,21+/m1/s1. The SMILES string of the molecule is CN1C[C@]2(C)CCCC34C1C(C[C@@H]32)C12CCC(CC41)[C@@](O)(CO)[C@H]2O. The highest BCUT2D eigenvalue weighted by molar-refractivity contribution is 5.33. The summed E-state index contributed by atoms with van der Waals surface area (Å²) in [5, 5.41) is 32.6. The topological polar surface area (TPSA) is 63.9 Å². The molecule has 1 heterocycles. The predicted octanol–water partition coefficient (Wildman–Crippen LogP) is 1.63. The second kappa shape index (κ2) is 4.29. The summed E-state index contributed by atoms with van der Waals surface area (Å²) in [4.78, 5) is 2.65. The molecule has 6 unspecified atom stereocenters. The molecule has 0 radical (unpaired) electrons. The molecular weight excluding hydrogens is 314 g/mol. The average Bonchev–Trinajstić information content (AvgIpc) is 3.02. The van der Waals surface area contributed by atoms with Crippen LogP contribution in [-0.4, -0.2) is 58.2 Å². The van der Waals surface area contributed by atoms with Crippen LogP contribution in [0.15, 0.2) is 0 Å². The van der Waals surface area contributed by atoms with Crippen molar-refractivity contribution in [2.24, 2.45) is 39.9 Å².